The van der Waals surface area contributed by atoms with Gasteiger partial charge in [0.15, 0.2) is 0 Å². The molecule has 0 aliphatic carbocycles. The van der Waals surface area contributed by atoms with Crippen molar-refractivity contribution in [2.75, 3.05) is 11.9 Å². The molecular formula is C19H19N3O3. The molecule has 6 nitrogen and oxygen atoms in total. The van der Waals surface area contributed by atoms with Crippen molar-refractivity contribution >= 4 is 17.4 Å². The first-order chi connectivity index (χ1) is 12.3. The monoisotopic (exact) mass is 337 g/mol. The number of amides is 1. The predicted octanol–water partition coefficient (Wildman–Crippen LogP) is 3.75. The fraction of sp³-hybridized carbons (Fsp3) is 0.158. The molecule has 3 aromatic rings. The van der Waals surface area contributed by atoms with Crippen molar-refractivity contribution in [3.05, 3.63) is 72.3 Å². The molecule has 0 aliphatic heterocycles. The summed E-state index contributed by atoms with van der Waals surface area (Å²) in [6, 6.07) is 14.7. The Morgan fingerprint density at radius 2 is 2.04 bits per heavy atom. The number of benzene rings is 1. The molecule has 2 N–H and O–H groups in total. The van der Waals surface area contributed by atoms with Gasteiger partial charge >= 0.3 is 0 Å². The maximum Gasteiger partial charge on any atom is 0.253 e. The zero-order valence-electron chi connectivity index (χ0n) is 13.9. The van der Waals surface area contributed by atoms with E-state index >= 15 is 0 Å². The van der Waals surface area contributed by atoms with Crippen molar-refractivity contribution in [3.63, 3.8) is 0 Å². The van der Waals surface area contributed by atoms with Gasteiger partial charge in [0.1, 0.15) is 17.3 Å². The number of nitrogens with one attached hydrogen (secondary N) is 2. The van der Waals surface area contributed by atoms with Crippen LogP contribution in [0.2, 0.25) is 0 Å². The Bertz CT molecular complexity index is 814. The molecule has 1 amide bonds. The van der Waals surface area contributed by atoms with Gasteiger partial charge in [-0.3, -0.25) is 4.79 Å². The first-order valence-corrected chi connectivity index (χ1v) is 8.01. The average Bonchev–Trinajstić information content (AvgIpc) is 3.16. The highest BCUT2D eigenvalue weighted by Crippen LogP contribution is 2.26. The lowest BCUT2D eigenvalue weighted by Crippen LogP contribution is -2.22. The second-order valence-corrected chi connectivity index (χ2v) is 5.25. The molecule has 0 unspecified atom stereocenters. The van der Waals surface area contributed by atoms with E-state index in [1.54, 1.807) is 30.5 Å². The van der Waals surface area contributed by atoms with Crippen LogP contribution in [0.1, 0.15) is 23.0 Å². The van der Waals surface area contributed by atoms with E-state index in [4.69, 9.17) is 9.15 Å². The summed E-state index contributed by atoms with van der Waals surface area (Å²) < 4.78 is 10.8. The second-order valence-electron chi connectivity index (χ2n) is 5.25. The summed E-state index contributed by atoms with van der Waals surface area (Å²) >= 11 is 0. The number of hydrogen-bond donors (Lipinski definition) is 2. The number of aromatic nitrogens is 1. The average molecular weight is 337 g/mol. The molecule has 0 spiro atoms. The van der Waals surface area contributed by atoms with Gasteiger partial charge in [0, 0.05) is 6.20 Å². The van der Waals surface area contributed by atoms with Gasteiger partial charge in [-0.1, -0.05) is 12.1 Å². The largest absolute Gasteiger partial charge is 0.492 e. The summed E-state index contributed by atoms with van der Waals surface area (Å²) in [6.45, 7) is 2.86. The molecule has 6 heteroatoms. The molecule has 0 saturated carbocycles. The predicted molar refractivity (Wildman–Crippen MR) is 95.0 cm³/mol. The van der Waals surface area contributed by atoms with E-state index in [9.17, 15) is 4.79 Å². The normalized spacial score (nSPS) is 10.3. The van der Waals surface area contributed by atoms with Crippen molar-refractivity contribution in [1.82, 2.24) is 10.3 Å². The van der Waals surface area contributed by atoms with Crippen LogP contribution in [0.25, 0.3) is 0 Å². The molecule has 128 valence electrons. The number of furan rings is 1. The van der Waals surface area contributed by atoms with Crippen LogP contribution in [0.4, 0.5) is 11.5 Å². The van der Waals surface area contributed by atoms with Gasteiger partial charge in [0.25, 0.3) is 5.91 Å². The van der Waals surface area contributed by atoms with Crippen molar-refractivity contribution < 1.29 is 13.9 Å². The number of para-hydroxylation sites is 2. The highest BCUT2D eigenvalue weighted by atomic mass is 16.5. The van der Waals surface area contributed by atoms with Crippen LogP contribution >= 0.6 is 0 Å². The smallest absolute Gasteiger partial charge is 0.253 e. The Balaban J connectivity index is 1.63. The number of ether oxygens (including phenoxy) is 1. The van der Waals surface area contributed by atoms with Crippen LogP contribution in [-0.4, -0.2) is 17.5 Å². The number of carbonyl (C=O) groups excluding carboxylic acids is 1. The van der Waals surface area contributed by atoms with Gasteiger partial charge in [-0.2, -0.15) is 0 Å². The third-order valence-electron chi connectivity index (χ3n) is 3.48. The third-order valence-corrected chi connectivity index (χ3v) is 3.48. The molecule has 25 heavy (non-hydrogen) atoms. The molecule has 2 aromatic heterocycles. The van der Waals surface area contributed by atoms with Gasteiger partial charge in [-0.15, -0.1) is 0 Å². The van der Waals surface area contributed by atoms with E-state index in [0.717, 1.165) is 11.4 Å². The minimum absolute atomic E-state index is 0.204. The molecule has 0 radical (unpaired) electrons. The zero-order chi connectivity index (χ0) is 17.5. The van der Waals surface area contributed by atoms with Crippen molar-refractivity contribution in [3.8, 4) is 5.75 Å². The maximum absolute atomic E-state index is 12.1. The van der Waals surface area contributed by atoms with Crippen LogP contribution in [0.15, 0.2) is 65.4 Å². The van der Waals surface area contributed by atoms with Crippen molar-refractivity contribution in [2.24, 2.45) is 0 Å². The zero-order valence-corrected chi connectivity index (χ0v) is 13.9. The SMILES string of the molecule is CCOc1ccccc1Nc1ccc(C(=O)NCc2ccco2)cn1. The van der Waals surface area contributed by atoms with Crippen LogP contribution in [0.3, 0.4) is 0 Å². The minimum atomic E-state index is -0.204. The molecule has 0 saturated heterocycles. The quantitative estimate of drug-likeness (QED) is 0.687. The molecule has 0 fully saturated rings. The van der Waals surface area contributed by atoms with Gasteiger partial charge in [0.2, 0.25) is 0 Å². The van der Waals surface area contributed by atoms with Crippen molar-refractivity contribution in [1.29, 1.82) is 0 Å². The Hall–Kier alpha value is -3.28. The highest BCUT2D eigenvalue weighted by molar-refractivity contribution is 5.94. The minimum Gasteiger partial charge on any atom is -0.492 e. The van der Waals surface area contributed by atoms with E-state index in [1.807, 2.05) is 31.2 Å². The summed E-state index contributed by atoms with van der Waals surface area (Å²) in [7, 11) is 0. The lowest BCUT2D eigenvalue weighted by molar-refractivity contribution is 0.0947. The number of nitrogens with zero attached hydrogens (tertiary/aromatic N) is 1. The molecule has 0 atom stereocenters. The fourth-order valence-corrected chi connectivity index (χ4v) is 2.27. The molecule has 1 aromatic carbocycles. The van der Waals surface area contributed by atoms with Crippen molar-refractivity contribution in [2.45, 2.75) is 13.5 Å². The highest BCUT2D eigenvalue weighted by Gasteiger charge is 2.08. The Kier molecular flexibility index (Phi) is 5.31. The van der Waals surface area contributed by atoms with E-state index in [0.29, 0.717) is 30.3 Å². The maximum atomic E-state index is 12.1. The van der Waals surface area contributed by atoms with E-state index in [2.05, 4.69) is 15.6 Å². The van der Waals surface area contributed by atoms with Gasteiger partial charge in [0.05, 0.1) is 30.7 Å². The summed E-state index contributed by atoms with van der Waals surface area (Å²) in [5, 5.41) is 5.98. The summed E-state index contributed by atoms with van der Waals surface area (Å²) in [5.74, 6) is 1.89. The Labute approximate surface area is 145 Å². The number of anilines is 2. The number of hydrogen-bond acceptors (Lipinski definition) is 5. The van der Waals surface area contributed by atoms with Gasteiger partial charge in [-0.05, 0) is 43.3 Å². The fourth-order valence-electron chi connectivity index (χ4n) is 2.27. The first kappa shape index (κ1) is 16.6. The van der Waals surface area contributed by atoms with Gasteiger partial charge < -0.3 is 19.8 Å². The molecule has 3 rings (SSSR count). The summed E-state index contributed by atoms with van der Waals surface area (Å²) in [5.41, 5.74) is 1.31. The van der Waals surface area contributed by atoms with Crippen LogP contribution in [-0.2, 0) is 6.54 Å². The third kappa shape index (κ3) is 4.38. The summed E-state index contributed by atoms with van der Waals surface area (Å²) in [6.07, 6.45) is 3.10. The first-order valence-electron chi connectivity index (χ1n) is 8.01. The van der Waals surface area contributed by atoms with E-state index < -0.39 is 0 Å². The summed E-state index contributed by atoms with van der Waals surface area (Å²) in [4.78, 5) is 16.4. The number of pyridine rings is 1. The lowest BCUT2D eigenvalue weighted by Gasteiger charge is -2.11. The lowest BCUT2D eigenvalue weighted by atomic mass is 10.2. The standard InChI is InChI=1S/C19H19N3O3/c1-2-24-17-8-4-3-7-16(17)22-18-10-9-14(12-20-18)19(23)21-13-15-6-5-11-25-15/h3-12H,2,13H2,1H3,(H,20,22)(H,21,23). The Morgan fingerprint density at radius 3 is 2.76 bits per heavy atom. The van der Waals surface area contributed by atoms with Crippen LogP contribution in [0.5, 0.6) is 5.75 Å². The Morgan fingerprint density at radius 1 is 1.16 bits per heavy atom. The molecule has 2 heterocycles. The van der Waals surface area contributed by atoms with Gasteiger partial charge in [-0.25, -0.2) is 4.98 Å². The number of carbonyl (C=O) groups is 1. The van der Waals surface area contributed by atoms with Crippen LogP contribution in [0, 0.1) is 0 Å². The van der Waals surface area contributed by atoms with E-state index in [-0.39, 0.29) is 5.91 Å². The van der Waals surface area contributed by atoms with E-state index in [1.165, 1.54) is 6.20 Å². The number of rotatable bonds is 7. The van der Waals surface area contributed by atoms with Crippen LogP contribution < -0.4 is 15.4 Å². The molecule has 0 bridgehead atoms. The topological polar surface area (TPSA) is 76.4 Å². The molecular weight excluding hydrogens is 318 g/mol. The second kappa shape index (κ2) is 8.01. The molecule has 0 aliphatic rings.